The number of hydrogen-bond acceptors (Lipinski definition) is 6. The molecule has 0 amide bonds. The summed E-state index contributed by atoms with van der Waals surface area (Å²) in [6.07, 6.45) is 3.26. The number of benzene rings is 2. The Labute approximate surface area is 183 Å². The predicted octanol–water partition coefficient (Wildman–Crippen LogP) is 4.59. The van der Waals surface area contributed by atoms with Crippen LogP contribution in [0, 0.1) is 6.92 Å². The molecule has 0 fully saturated rings. The number of nitrogens with one attached hydrogen (secondary N) is 1. The van der Waals surface area contributed by atoms with E-state index in [0.29, 0.717) is 11.0 Å². The molecule has 31 heavy (non-hydrogen) atoms. The Kier molecular flexibility index (Phi) is 4.04. The van der Waals surface area contributed by atoms with Gasteiger partial charge in [-0.1, -0.05) is 52.6 Å². The largest absolute Gasteiger partial charge is 0.480 e. The van der Waals surface area contributed by atoms with Crippen molar-refractivity contribution >= 4 is 23.2 Å². The van der Waals surface area contributed by atoms with E-state index in [4.69, 9.17) is 16.3 Å². The van der Waals surface area contributed by atoms with Gasteiger partial charge in [-0.05, 0) is 52.7 Å². The molecule has 7 nitrogen and oxygen atoms in total. The average Bonchev–Trinajstić information content (AvgIpc) is 3.27. The lowest BCUT2D eigenvalue weighted by molar-refractivity contribution is 0.222. The molecule has 2 unspecified atom stereocenters. The summed E-state index contributed by atoms with van der Waals surface area (Å²) in [6, 6.07) is 17.7. The zero-order chi connectivity index (χ0) is 20.9. The highest BCUT2D eigenvalue weighted by Crippen LogP contribution is 2.50. The van der Waals surface area contributed by atoms with Crippen LogP contribution in [0.1, 0.15) is 34.4 Å². The third kappa shape index (κ3) is 2.89. The Hall–Kier alpha value is -3.71. The lowest BCUT2D eigenvalue weighted by Crippen LogP contribution is -2.32. The van der Waals surface area contributed by atoms with Gasteiger partial charge in [-0.25, -0.2) is 0 Å². The van der Waals surface area contributed by atoms with Crippen molar-refractivity contribution < 1.29 is 4.74 Å². The fourth-order valence-corrected chi connectivity index (χ4v) is 4.41. The number of tetrazole rings is 1. The minimum atomic E-state index is -0.334. The van der Waals surface area contributed by atoms with Crippen molar-refractivity contribution in [1.29, 1.82) is 0 Å². The first-order valence-corrected chi connectivity index (χ1v) is 10.3. The van der Waals surface area contributed by atoms with Gasteiger partial charge in [0.25, 0.3) is 0 Å². The fourth-order valence-electron chi connectivity index (χ4n) is 4.24. The normalized spacial score (nSPS) is 19.0. The molecule has 6 rings (SSSR count). The molecule has 4 heterocycles. The molecule has 2 aromatic heterocycles. The Morgan fingerprint density at radius 1 is 1.06 bits per heavy atom. The van der Waals surface area contributed by atoms with E-state index in [0.717, 1.165) is 33.7 Å². The SMILES string of the molecule is Cc1ccc(C2Oc3ccc(Cl)cc3C3=C2C(c2cccnc2)n2nnnc2N3)cc1. The second-order valence-corrected chi connectivity index (χ2v) is 8.08. The Bertz CT molecular complexity index is 1320. The van der Waals surface area contributed by atoms with E-state index < -0.39 is 0 Å². The van der Waals surface area contributed by atoms with Crippen molar-refractivity contribution in [1.82, 2.24) is 25.2 Å². The van der Waals surface area contributed by atoms with Crippen LogP contribution in [-0.4, -0.2) is 25.2 Å². The number of anilines is 1. The topological polar surface area (TPSA) is 77.8 Å². The van der Waals surface area contributed by atoms with E-state index in [-0.39, 0.29) is 12.1 Å². The van der Waals surface area contributed by atoms with Crippen LogP contribution in [0.25, 0.3) is 5.70 Å². The van der Waals surface area contributed by atoms with E-state index >= 15 is 0 Å². The highest BCUT2D eigenvalue weighted by atomic mass is 35.5. The summed E-state index contributed by atoms with van der Waals surface area (Å²) in [4.78, 5) is 4.34. The molecule has 0 radical (unpaired) electrons. The molecule has 2 aliphatic rings. The second kappa shape index (κ2) is 6.92. The summed E-state index contributed by atoms with van der Waals surface area (Å²) in [5.74, 6) is 1.31. The summed E-state index contributed by atoms with van der Waals surface area (Å²) in [6.45, 7) is 2.07. The monoisotopic (exact) mass is 428 g/mol. The molecule has 4 aromatic rings. The molecule has 2 aromatic carbocycles. The van der Waals surface area contributed by atoms with Crippen LogP contribution in [0.2, 0.25) is 5.02 Å². The van der Waals surface area contributed by atoms with Crippen molar-refractivity contribution in [3.63, 3.8) is 0 Å². The molecular weight excluding hydrogens is 412 g/mol. The standard InChI is InChI=1S/C23H17ClN6O/c1-13-4-6-14(7-5-13)22-19-20(17-11-16(24)8-9-18(17)31-22)26-23-27-28-29-30(23)21(19)15-3-2-10-25-12-15/h2-12,21-22H,1H3,(H,26,27,29). The van der Waals surface area contributed by atoms with Gasteiger partial charge in [0.2, 0.25) is 5.95 Å². The summed E-state index contributed by atoms with van der Waals surface area (Å²) in [5.41, 5.74) is 6.00. The van der Waals surface area contributed by atoms with Crippen molar-refractivity contribution in [3.8, 4) is 5.75 Å². The van der Waals surface area contributed by atoms with E-state index in [1.165, 1.54) is 5.56 Å². The fraction of sp³-hybridized carbons (Fsp3) is 0.130. The van der Waals surface area contributed by atoms with E-state index in [9.17, 15) is 0 Å². The van der Waals surface area contributed by atoms with Gasteiger partial charge in [-0.3, -0.25) is 4.98 Å². The van der Waals surface area contributed by atoms with Crippen LogP contribution in [0.3, 0.4) is 0 Å². The number of rotatable bonds is 2. The van der Waals surface area contributed by atoms with Gasteiger partial charge >= 0.3 is 0 Å². The maximum atomic E-state index is 6.57. The summed E-state index contributed by atoms with van der Waals surface area (Å²) < 4.78 is 8.34. The van der Waals surface area contributed by atoms with Gasteiger partial charge in [-0.2, -0.15) is 4.68 Å². The third-order valence-electron chi connectivity index (χ3n) is 5.68. The highest BCUT2D eigenvalue weighted by molar-refractivity contribution is 6.30. The Morgan fingerprint density at radius 3 is 2.74 bits per heavy atom. The number of ether oxygens (including phenoxy) is 1. The second-order valence-electron chi connectivity index (χ2n) is 7.64. The van der Waals surface area contributed by atoms with Crippen LogP contribution in [-0.2, 0) is 0 Å². The first-order chi connectivity index (χ1) is 15.2. The van der Waals surface area contributed by atoms with E-state index in [1.807, 2.05) is 36.5 Å². The molecule has 0 bridgehead atoms. The van der Waals surface area contributed by atoms with Crippen LogP contribution in [0.15, 0.2) is 72.6 Å². The molecule has 0 aliphatic carbocycles. The van der Waals surface area contributed by atoms with Crippen LogP contribution < -0.4 is 10.1 Å². The Balaban J connectivity index is 1.64. The molecule has 0 saturated heterocycles. The molecular formula is C23H17ClN6O. The maximum Gasteiger partial charge on any atom is 0.248 e. The molecule has 0 saturated carbocycles. The number of hydrogen-bond donors (Lipinski definition) is 1. The molecule has 2 aliphatic heterocycles. The van der Waals surface area contributed by atoms with Crippen LogP contribution in [0.5, 0.6) is 5.75 Å². The smallest absolute Gasteiger partial charge is 0.248 e. The van der Waals surface area contributed by atoms with E-state index in [2.05, 4.69) is 57.0 Å². The maximum absolute atomic E-state index is 6.57. The van der Waals surface area contributed by atoms with Crippen molar-refractivity contribution in [3.05, 3.63) is 99.8 Å². The number of halogens is 1. The predicted molar refractivity (Wildman–Crippen MR) is 117 cm³/mol. The highest BCUT2D eigenvalue weighted by Gasteiger charge is 2.41. The summed E-state index contributed by atoms with van der Waals surface area (Å²) in [5, 5.41) is 16.4. The average molecular weight is 429 g/mol. The van der Waals surface area contributed by atoms with Gasteiger partial charge in [0.05, 0.1) is 5.70 Å². The van der Waals surface area contributed by atoms with Gasteiger partial charge < -0.3 is 10.1 Å². The van der Waals surface area contributed by atoms with Gasteiger partial charge in [0, 0.05) is 28.6 Å². The number of nitrogens with zero attached hydrogens (tertiary/aromatic N) is 5. The molecule has 8 heteroatoms. The van der Waals surface area contributed by atoms with Crippen LogP contribution in [0.4, 0.5) is 5.95 Å². The van der Waals surface area contributed by atoms with Crippen molar-refractivity contribution in [2.24, 2.45) is 0 Å². The van der Waals surface area contributed by atoms with Crippen molar-refractivity contribution in [2.75, 3.05) is 5.32 Å². The number of aromatic nitrogens is 5. The lowest BCUT2D eigenvalue weighted by Gasteiger charge is -2.38. The third-order valence-corrected chi connectivity index (χ3v) is 5.91. The van der Waals surface area contributed by atoms with Gasteiger partial charge in [0.1, 0.15) is 17.9 Å². The van der Waals surface area contributed by atoms with Crippen molar-refractivity contribution in [2.45, 2.75) is 19.1 Å². The molecule has 0 spiro atoms. The van der Waals surface area contributed by atoms with Gasteiger partial charge in [0.15, 0.2) is 0 Å². The number of aryl methyl sites for hydroxylation is 1. The zero-order valence-electron chi connectivity index (χ0n) is 16.5. The van der Waals surface area contributed by atoms with Crippen LogP contribution >= 0.6 is 11.6 Å². The first kappa shape index (κ1) is 18.1. The molecule has 1 N–H and O–H groups in total. The van der Waals surface area contributed by atoms with E-state index in [1.54, 1.807) is 10.9 Å². The summed E-state index contributed by atoms with van der Waals surface area (Å²) in [7, 11) is 0. The summed E-state index contributed by atoms with van der Waals surface area (Å²) >= 11 is 6.35. The first-order valence-electron chi connectivity index (χ1n) is 9.91. The number of fused-ring (bicyclic) bond motifs is 3. The quantitative estimate of drug-likeness (QED) is 0.503. The lowest BCUT2D eigenvalue weighted by atomic mass is 9.85. The zero-order valence-corrected chi connectivity index (χ0v) is 17.3. The minimum absolute atomic E-state index is 0.284. The number of pyridine rings is 1. The molecule has 2 atom stereocenters. The molecule has 152 valence electrons. The minimum Gasteiger partial charge on any atom is -0.480 e. The van der Waals surface area contributed by atoms with Gasteiger partial charge in [-0.15, -0.1) is 0 Å². The Morgan fingerprint density at radius 2 is 1.94 bits per heavy atom.